The van der Waals surface area contributed by atoms with Crippen molar-refractivity contribution in [3.8, 4) is 0 Å². The second kappa shape index (κ2) is 69.6. The summed E-state index contributed by atoms with van der Waals surface area (Å²) in [6, 6.07) is 0. The second-order valence-electron chi connectivity index (χ2n) is 22.9. The number of carbonyl (C=O) groups is 9. The molecule has 6 amide bonds. The fourth-order valence-corrected chi connectivity index (χ4v) is 8.72. The molecule has 0 saturated carbocycles. The number of carboxylic acids is 3. The Balaban J connectivity index is 4.55. The van der Waals surface area contributed by atoms with Gasteiger partial charge in [0, 0.05) is 83.2 Å². The third-order valence-corrected chi connectivity index (χ3v) is 14.4. The second-order valence-corrected chi connectivity index (χ2v) is 22.9. The first-order valence-corrected chi connectivity index (χ1v) is 34.9. The highest BCUT2D eigenvalue weighted by Crippen LogP contribution is 2.25. The van der Waals surface area contributed by atoms with Crippen LogP contribution in [0.1, 0.15) is 167 Å². The number of hydrogen-bond donors (Lipinski definition) is 9. The van der Waals surface area contributed by atoms with Crippen molar-refractivity contribution in [3.05, 3.63) is 0 Å². The maximum Gasteiger partial charge on any atom is 0.305 e. The van der Waals surface area contributed by atoms with E-state index in [4.69, 9.17) is 72.2 Å². The highest BCUT2D eigenvalue weighted by Gasteiger charge is 2.30. The molecule has 30 heteroatoms. The van der Waals surface area contributed by atoms with Gasteiger partial charge in [0.05, 0.1) is 178 Å². The highest BCUT2D eigenvalue weighted by molar-refractivity contribution is 5.77. The minimum atomic E-state index is -0.907. The Bertz CT molecular complexity index is 1740. The standard InChI is InChI=1S/C66H122N6O24/c1-2-66(54-94-33-21-60(76)67-27-15-9-3-6-12-18-57(73)70-30-39-88-45-51-91-48-42-85-36-24-63(79)80,55-95-34-22-61(77)68-28-16-10-4-7-13-19-58(74)71-31-40-89-46-52-92-49-43-86-37-25-64(81)82)56-96-35-23-62(78)69-29-17-11-5-8-14-20-59(75)72-32-41-90-47-53-93-50-44-87-38-26-65(83)84/h2-56H2,1H3,(H,67,76)(H,68,77)(H,69,78)(H,70,73)(H,71,74)(H,72,75)(H,79,80)(H,81,82)(H,83,84). The van der Waals surface area contributed by atoms with E-state index in [-0.39, 0.29) is 133 Å². The van der Waals surface area contributed by atoms with Crippen LogP contribution in [0.4, 0.5) is 0 Å². The van der Waals surface area contributed by atoms with Crippen molar-refractivity contribution in [2.45, 2.75) is 167 Å². The molecule has 0 aromatic carbocycles. The van der Waals surface area contributed by atoms with Crippen molar-refractivity contribution in [3.63, 3.8) is 0 Å². The lowest BCUT2D eigenvalue weighted by Crippen LogP contribution is -2.38. The quantitative estimate of drug-likeness (QED) is 0.0390. The van der Waals surface area contributed by atoms with E-state index in [2.05, 4.69) is 31.9 Å². The Labute approximate surface area is 569 Å². The van der Waals surface area contributed by atoms with Crippen LogP contribution in [-0.4, -0.2) is 267 Å². The molecule has 0 aliphatic rings. The van der Waals surface area contributed by atoms with Crippen LogP contribution >= 0.6 is 0 Å². The molecular formula is C66H122N6O24. The number of carbonyl (C=O) groups excluding carboxylic acids is 6. The minimum absolute atomic E-state index is 0.0291. The maximum atomic E-state index is 12.7. The van der Waals surface area contributed by atoms with E-state index in [0.717, 1.165) is 96.3 Å². The molecule has 0 aliphatic heterocycles. The lowest BCUT2D eigenvalue weighted by atomic mass is 9.88. The van der Waals surface area contributed by atoms with Gasteiger partial charge in [-0.25, -0.2) is 0 Å². The van der Waals surface area contributed by atoms with Gasteiger partial charge >= 0.3 is 17.9 Å². The Morgan fingerprint density at radius 2 is 0.427 bits per heavy atom. The van der Waals surface area contributed by atoms with Crippen LogP contribution in [0.25, 0.3) is 0 Å². The Morgan fingerprint density at radius 3 is 0.677 bits per heavy atom. The summed E-state index contributed by atoms with van der Waals surface area (Å²) in [7, 11) is 0. The van der Waals surface area contributed by atoms with Gasteiger partial charge in [-0.3, -0.25) is 43.2 Å². The van der Waals surface area contributed by atoms with E-state index in [0.29, 0.717) is 164 Å². The first-order valence-electron chi connectivity index (χ1n) is 34.9. The summed E-state index contributed by atoms with van der Waals surface area (Å²) in [5.41, 5.74) is -0.605. The van der Waals surface area contributed by atoms with E-state index in [9.17, 15) is 43.2 Å². The molecule has 0 rings (SSSR count). The third kappa shape index (κ3) is 68.7. The largest absolute Gasteiger partial charge is 0.481 e. The molecule has 0 unspecified atom stereocenters. The fraction of sp³-hybridized carbons (Fsp3) is 0.864. The number of rotatable bonds is 76. The SMILES string of the molecule is CCC(COCCC(=O)NCCCCCCCC(=O)NCCOCCOCCOCCC(=O)O)(COCCC(=O)NCCCCCCCC(=O)NCCOCCOCCOCCC(=O)O)COCCC(=O)NCCCCCCCC(=O)NCCOCCOCCOCCC(=O)O. The minimum Gasteiger partial charge on any atom is -0.481 e. The van der Waals surface area contributed by atoms with Crippen molar-refractivity contribution < 1.29 is 115 Å². The van der Waals surface area contributed by atoms with Gasteiger partial charge in [0.15, 0.2) is 0 Å². The summed E-state index contributed by atoms with van der Waals surface area (Å²) in [5.74, 6) is -3.18. The molecule has 0 spiro atoms. The molecule has 0 atom stereocenters. The van der Waals surface area contributed by atoms with Crippen molar-refractivity contribution in [1.82, 2.24) is 31.9 Å². The number of carboxylic acid groups (broad SMARTS) is 3. The molecule has 0 fully saturated rings. The van der Waals surface area contributed by atoms with Gasteiger partial charge in [-0.2, -0.15) is 0 Å². The summed E-state index contributed by atoms with van der Waals surface area (Å²) in [6.45, 7) is 11.8. The van der Waals surface area contributed by atoms with Crippen LogP contribution in [0.2, 0.25) is 0 Å². The maximum absolute atomic E-state index is 12.7. The molecule has 9 N–H and O–H groups in total. The van der Waals surface area contributed by atoms with E-state index < -0.39 is 23.3 Å². The molecular weight excluding hydrogens is 1260 g/mol. The molecule has 0 radical (unpaired) electrons. The van der Waals surface area contributed by atoms with E-state index in [1.165, 1.54) is 0 Å². The monoisotopic (exact) mass is 1380 g/mol. The number of unbranched alkanes of at least 4 members (excludes halogenated alkanes) is 12. The highest BCUT2D eigenvalue weighted by atomic mass is 16.6. The van der Waals surface area contributed by atoms with Gasteiger partial charge in [0.1, 0.15) is 0 Å². The zero-order chi connectivity index (χ0) is 70.3. The summed E-state index contributed by atoms with van der Waals surface area (Å²) < 4.78 is 66.1. The van der Waals surface area contributed by atoms with Gasteiger partial charge in [0.25, 0.3) is 0 Å². The van der Waals surface area contributed by atoms with Crippen LogP contribution in [0.15, 0.2) is 0 Å². The van der Waals surface area contributed by atoms with Crippen LogP contribution < -0.4 is 31.9 Å². The lowest BCUT2D eigenvalue weighted by molar-refractivity contribution is -0.139. The zero-order valence-electron chi connectivity index (χ0n) is 57.8. The van der Waals surface area contributed by atoms with E-state index in [1.807, 2.05) is 6.92 Å². The summed E-state index contributed by atoms with van der Waals surface area (Å²) >= 11 is 0. The van der Waals surface area contributed by atoms with Gasteiger partial charge in [-0.1, -0.05) is 64.7 Å². The van der Waals surface area contributed by atoms with Gasteiger partial charge in [0.2, 0.25) is 35.4 Å². The molecule has 96 heavy (non-hydrogen) atoms. The van der Waals surface area contributed by atoms with Gasteiger partial charge in [-0.05, 0) is 44.9 Å². The Hall–Kier alpha value is -5.25. The smallest absolute Gasteiger partial charge is 0.305 e. The van der Waals surface area contributed by atoms with Crippen LogP contribution in [-0.2, 0) is 100.0 Å². The van der Waals surface area contributed by atoms with Crippen molar-refractivity contribution in [2.24, 2.45) is 5.41 Å². The van der Waals surface area contributed by atoms with E-state index >= 15 is 0 Å². The average Bonchev–Trinajstić information content (AvgIpc) is 1.02. The summed E-state index contributed by atoms with van der Waals surface area (Å²) in [6.07, 6.45) is 15.3. The van der Waals surface area contributed by atoms with Gasteiger partial charge in [-0.15, -0.1) is 0 Å². The summed E-state index contributed by atoms with van der Waals surface area (Å²) in [4.78, 5) is 106. The molecule has 0 heterocycles. The molecule has 0 aliphatic carbocycles. The number of ether oxygens (including phenoxy) is 12. The molecule has 560 valence electrons. The molecule has 0 saturated heterocycles. The molecule has 0 aromatic rings. The lowest BCUT2D eigenvalue weighted by Gasteiger charge is -2.32. The third-order valence-electron chi connectivity index (χ3n) is 14.4. The number of aliphatic carboxylic acids is 3. The number of hydrogen-bond acceptors (Lipinski definition) is 21. The molecule has 0 aromatic heterocycles. The molecule has 0 bridgehead atoms. The van der Waals surface area contributed by atoms with Crippen molar-refractivity contribution >= 4 is 53.4 Å². The fourth-order valence-electron chi connectivity index (χ4n) is 8.72. The normalized spacial score (nSPS) is 11.3. The zero-order valence-corrected chi connectivity index (χ0v) is 57.8. The number of amides is 6. The Kier molecular flexibility index (Phi) is 65.8. The predicted octanol–water partition coefficient (Wildman–Crippen LogP) is 3.90. The first-order chi connectivity index (χ1) is 46.7. The first kappa shape index (κ1) is 90.8. The number of nitrogens with one attached hydrogen (secondary N) is 6. The van der Waals surface area contributed by atoms with Gasteiger partial charge < -0.3 is 104 Å². The van der Waals surface area contributed by atoms with Crippen LogP contribution in [0.3, 0.4) is 0 Å². The Morgan fingerprint density at radius 1 is 0.229 bits per heavy atom. The van der Waals surface area contributed by atoms with Crippen LogP contribution in [0, 0.1) is 5.41 Å². The predicted molar refractivity (Wildman–Crippen MR) is 354 cm³/mol. The van der Waals surface area contributed by atoms with Crippen molar-refractivity contribution in [2.75, 3.05) is 198 Å². The van der Waals surface area contributed by atoms with Crippen molar-refractivity contribution in [1.29, 1.82) is 0 Å². The molecule has 30 nitrogen and oxygen atoms in total. The van der Waals surface area contributed by atoms with Crippen LogP contribution in [0.5, 0.6) is 0 Å². The average molecular weight is 1380 g/mol. The van der Waals surface area contributed by atoms with E-state index in [1.54, 1.807) is 0 Å². The summed E-state index contributed by atoms with van der Waals surface area (Å²) in [5, 5.41) is 43.2. The topological polar surface area (TPSA) is 397 Å².